The van der Waals surface area contributed by atoms with Crippen molar-refractivity contribution in [3.63, 3.8) is 0 Å². The number of nitrogens with two attached hydrogens (primary N) is 1. The van der Waals surface area contributed by atoms with E-state index in [1.165, 1.54) is 0 Å². The van der Waals surface area contributed by atoms with Crippen LogP contribution >= 0.6 is 0 Å². The summed E-state index contributed by atoms with van der Waals surface area (Å²) < 4.78 is 1.59. The molecule has 0 bridgehead atoms. The largest absolute Gasteiger partial charge is 0.481 e. The molecule has 0 unspecified atom stereocenters. The van der Waals surface area contributed by atoms with E-state index in [1.807, 2.05) is 0 Å². The van der Waals surface area contributed by atoms with E-state index < -0.39 is 11.9 Å². The molecule has 1 aromatic rings. The van der Waals surface area contributed by atoms with Crippen LogP contribution in [0.1, 0.15) is 29.8 Å². The molecule has 1 heterocycles. The molecule has 0 fully saturated rings. The minimum Gasteiger partial charge on any atom is -0.481 e. The number of unbranched alkanes of at least 4 members (excludes halogenated alkanes) is 1. The molecular weight excluding hydrogens is 198 g/mol. The highest BCUT2D eigenvalue weighted by Gasteiger charge is 2.04. The Morgan fingerprint density at radius 3 is 2.73 bits per heavy atom. The van der Waals surface area contributed by atoms with E-state index in [0.717, 1.165) is 0 Å². The molecule has 0 aliphatic carbocycles. The molecule has 0 saturated heterocycles. The standard InChI is InChI=1S/C9H13N3O3/c10-9(15)7-4-6-12(11-7)5-2-1-3-8(13)14/h4,6H,1-3,5H2,(H2,10,15)(H,13,14). The Morgan fingerprint density at radius 2 is 2.20 bits per heavy atom. The van der Waals surface area contributed by atoms with Crippen molar-refractivity contribution in [1.29, 1.82) is 0 Å². The van der Waals surface area contributed by atoms with Crippen LogP contribution in [0.5, 0.6) is 0 Å². The van der Waals surface area contributed by atoms with Crippen LogP contribution in [0.3, 0.4) is 0 Å². The molecule has 0 saturated carbocycles. The van der Waals surface area contributed by atoms with Gasteiger partial charge in [-0.25, -0.2) is 0 Å². The highest BCUT2D eigenvalue weighted by atomic mass is 16.4. The lowest BCUT2D eigenvalue weighted by Gasteiger charge is -1.99. The van der Waals surface area contributed by atoms with Crippen molar-refractivity contribution in [3.05, 3.63) is 18.0 Å². The number of amides is 1. The summed E-state index contributed by atoms with van der Waals surface area (Å²) in [7, 11) is 0. The summed E-state index contributed by atoms with van der Waals surface area (Å²) in [5, 5.41) is 12.3. The van der Waals surface area contributed by atoms with E-state index in [4.69, 9.17) is 10.8 Å². The lowest BCUT2D eigenvalue weighted by atomic mass is 10.2. The number of hydrogen-bond acceptors (Lipinski definition) is 3. The maximum absolute atomic E-state index is 10.7. The van der Waals surface area contributed by atoms with Gasteiger partial charge in [-0.05, 0) is 18.9 Å². The van der Waals surface area contributed by atoms with Gasteiger partial charge in [0.25, 0.3) is 5.91 Å². The summed E-state index contributed by atoms with van der Waals surface area (Å²) in [6.07, 6.45) is 3.12. The summed E-state index contributed by atoms with van der Waals surface area (Å²) in [6, 6.07) is 1.54. The second-order valence-electron chi connectivity index (χ2n) is 3.18. The zero-order chi connectivity index (χ0) is 11.3. The number of carboxylic acids is 1. The highest BCUT2D eigenvalue weighted by molar-refractivity contribution is 5.90. The lowest BCUT2D eigenvalue weighted by Crippen LogP contribution is -2.12. The first-order chi connectivity index (χ1) is 7.09. The Hall–Kier alpha value is -1.85. The number of hydrogen-bond donors (Lipinski definition) is 2. The van der Waals surface area contributed by atoms with E-state index in [2.05, 4.69) is 5.10 Å². The third-order valence-corrected chi connectivity index (χ3v) is 1.92. The summed E-state index contributed by atoms with van der Waals surface area (Å²) in [5.41, 5.74) is 5.26. The summed E-state index contributed by atoms with van der Waals surface area (Å²) in [5.74, 6) is -1.35. The van der Waals surface area contributed by atoms with Crippen LogP contribution in [0.25, 0.3) is 0 Å². The van der Waals surface area contributed by atoms with E-state index in [-0.39, 0.29) is 12.1 Å². The fourth-order valence-electron chi connectivity index (χ4n) is 1.17. The molecule has 1 aromatic heterocycles. The van der Waals surface area contributed by atoms with Crippen molar-refractivity contribution < 1.29 is 14.7 Å². The number of rotatable bonds is 6. The van der Waals surface area contributed by atoms with E-state index in [9.17, 15) is 9.59 Å². The molecule has 0 spiro atoms. The Labute approximate surface area is 86.7 Å². The van der Waals surface area contributed by atoms with Gasteiger partial charge in [-0.2, -0.15) is 5.10 Å². The van der Waals surface area contributed by atoms with Gasteiger partial charge < -0.3 is 10.8 Å². The lowest BCUT2D eigenvalue weighted by molar-refractivity contribution is -0.137. The molecule has 0 radical (unpaired) electrons. The molecule has 0 aliphatic rings. The van der Waals surface area contributed by atoms with Gasteiger partial charge in [0, 0.05) is 19.2 Å². The van der Waals surface area contributed by atoms with E-state index in [1.54, 1.807) is 16.9 Å². The molecule has 82 valence electrons. The number of aliphatic carboxylic acids is 1. The van der Waals surface area contributed by atoms with Crippen LogP contribution in [0, 0.1) is 0 Å². The van der Waals surface area contributed by atoms with Gasteiger partial charge in [0.15, 0.2) is 0 Å². The quantitative estimate of drug-likeness (QED) is 0.658. The number of primary amides is 1. The first-order valence-electron chi connectivity index (χ1n) is 4.64. The fraction of sp³-hybridized carbons (Fsp3) is 0.444. The molecule has 6 nitrogen and oxygen atoms in total. The predicted octanol–water partition coefficient (Wildman–Crippen LogP) is 0.237. The Balaban J connectivity index is 2.31. The molecule has 0 atom stereocenters. The number of carbonyl (C=O) groups excluding carboxylic acids is 1. The van der Waals surface area contributed by atoms with Gasteiger partial charge in [-0.15, -0.1) is 0 Å². The number of aromatic nitrogens is 2. The van der Waals surface area contributed by atoms with Crippen LogP contribution in [0.15, 0.2) is 12.3 Å². The predicted molar refractivity (Wildman–Crippen MR) is 52.2 cm³/mol. The van der Waals surface area contributed by atoms with Crippen molar-refractivity contribution in [1.82, 2.24) is 9.78 Å². The monoisotopic (exact) mass is 211 g/mol. The maximum atomic E-state index is 10.7. The van der Waals surface area contributed by atoms with Gasteiger partial charge in [0.05, 0.1) is 0 Å². The van der Waals surface area contributed by atoms with Crippen LogP contribution in [-0.2, 0) is 11.3 Å². The Bertz CT molecular complexity index is 359. The molecular formula is C9H13N3O3. The molecule has 15 heavy (non-hydrogen) atoms. The molecule has 0 aromatic carbocycles. The van der Waals surface area contributed by atoms with Gasteiger partial charge in [-0.3, -0.25) is 14.3 Å². The number of nitrogens with zero attached hydrogens (tertiary/aromatic N) is 2. The first-order valence-corrected chi connectivity index (χ1v) is 4.64. The van der Waals surface area contributed by atoms with Gasteiger partial charge >= 0.3 is 5.97 Å². The van der Waals surface area contributed by atoms with Crippen molar-refractivity contribution in [3.8, 4) is 0 Å². The molecule has 3 N–H and O–H groups in total. The summed E-state index contributed by atoms with van der Waals surface area (Å²) in [4.78, 5) is 20.9. The third-order valence-electron chi connectivity index (χ3n) is 1.92. The second-order valence-corrected chi connectivity index (χ2v) is 3.18. The topological polar surface area (TPSA) is 98.2 Å². The van der Waals surface area contributed by atoms with Gasteiger partial charge in [-0.1, -0.05) is 0 Å². The van der Waals surface area contributed by atoms with Gasteiger partial charge in [0.1, 0.15) is 5.69 Å². The zero-order valence-corrected chi connectivity index (χ0v) is 8.22. The van der Waals surface area contributed by atoms with E-state index in [0.29, 0.717) is 19.4 Å². The summed E-state index contributed by atoms with van der Waals surface area (Å²) in [6.45, 7) is 0.598. The summed E-state index contributed by atoms with van der Waals surface area (Å²) >= 11 is 0. The Kier molecular flexibility index (Phi) is 3.84. The third kappa shape index (κ3) is 3.80. The molecule has 1 amide bonds. The van der Waals surface area contributed by atoms with Crippen molar-refractivity contribution in [2.75, 3.05) is 0 Å². The van der Waals surface area contributed by atoms with Crippen molar-refractivity contribution in [2.24, 2.45) is 5.73 Å². The van der Waals surface area contributed by atoms with Crippen molar-refractivity contribution >= 4 is 11.9 Å². The molecule has 1 rings (SSSR count). The highest BCUT2D eigenvalue weighted by Crippen LogP contribution is 2.00. The minimum atomic E-state index is -0.798. The smallest absolute Gasteiger partial charge is 0.303 e. The number of carbonyl (C=O) groups is 2. The number of carboxylic acid groups (broad SMARTS) is 1. The first kappa shape index (κ1) is 11.2. The zero-order valence-electron chi connectivity index (χ0n) is 8.22. The fourth-order valence-corrected chi connectivity index (χ4v) is 1.17. The molecule has 0 aliphatic heterocycles. The second kappa shape index (κ2) is 5.14. The van der Waals surface area contributed by atoms with Crippen LogP contribution in [-0.4, -0.2) is 26.8 Å². The van der Waals surface area contributed by atoms with Crippen molar-refractivity contribution in [2.45, 2.75) is 25.8 Å². The normalized spacial score (nSPS) is 10.1. The van der Waals surface area contributed by atoms with Gasteiger partial charge in [0.2, 0.25) is 0 Å². The van der Waals surface area contributed by atoms with Crippen LogP contribution < -0.4 is 5.73 Å². The maximum Gasteiger partial charge on any atom is 0.303 e. The number of aryl methyl sites for hydroxylation is 1. The minimum absolute atomic E-state index is 0.157. The molecule has 6 heteroatoms. The van der Waals surface area contributed by atoms with E-state index >= 15 is 0 Å². The average Bonchev–Trinajstić information content (AvgIpc) is 2.60. The SMILES string of the molecule is NC(=O)c1ccn(CCCCC(=O)O)n1. The Morgan fingerprint density at radius 1 is 1.47 bits per heavy atom. The van der Waals surface area contributed by atoms with Crippen LogP contribution in [0.2, 0.25) is 0 Å². The van der Waals surface area contributed by atoms with Crippen LogP contribution in [0.4, 0.5) is 0 Å². The average molecular weight is 211 g/mol.